The molecule has 1 atom stereocenters. The second-order valence-corrected chi connectivity index (χ2v) is 4.65. The minimum atomic E-state index is -0.239. The van der Waals surface area contributed by atoms with Crippen LogP contribution in [0.15, 0.2) is 34.7 Å². The third kappa shape index (κ3) is 2.87. The van der Waals surface area contributed by atoms with E-state index in [9.17, 15) is 4.39 Å². The van der Waals surface area contributed by atoms with Crippen LogP contribution >= 0.6 is 0 Å². The topological polar surface area (TPSA) is 25.2 Å². The highest BCUT2D eigenvalue weighted by molar-refractivity contribution is 5.62. The van der Waals surface area contributed by atoms with Crippen molar-refractivity contribution >= 4 is 0 Å². The summed E-state index contributed by atoms with van der Waals surface area (Å²) in [6.07, 6.45) is 0.942. The molecule has 102 valence electrons. The number of aryl methyl sites for hydroxylation is 1. The molecule has 0 saturated carbocycles. The van der Waals surface area contributed by atoms with Crippen LogP contribution in [-0.4, -0.2) is 6.54 Å². The molecular weight excluding hydrogens is 241 g/mol. The first kappa shape index (κ1) is 13.8. The first-order chi connectivity index (χ1) is 9.17. The number of hydrogen-bond acceptors (Lipinski definition) is 2. The number of furan rings is 1. The van der Waals surface area contributed by atoms with Gasteiger partial charge in [0.1, 0.15) is 17.3 Å². The summed E-state index contributed by atoms with van der Waals surface area (Å²) in [5.41, 5.74) is 1.44. The summed E-state index contributed by atoms with van der Waals surface area (Å²) in [4.78, 5) is 0. The van der Waals surface area contributed by atoms with Gasteiger partial charge in [0.05, 0.1) is 11.6 Å². The third-order valence-electron chi connectivity index (χ3n) is 3.30. The average Bonchev–Trinajstić information content (AvgIpc) is 2.85. The minimum absolute atomic E-state index is 0.186. The number of benzene rings is 1. The molecule has 0 radical (unpaired) electrons. The lowest BCUT2D eigenvalue weighted by Crippen LogP contribution is -2.19. The Kier molecular flexibility index (Phi) is 4.38. The first-order valence-corrected chi connectivity index (χ1v) is 6.76. The lowest BCUT2D eigenvalue weighted by Gasteiger charge is -2.12. The fourth-order valence-corrected chi connectivity index (χ4v) is 2.31. The van der Waals surface area contributed by atoms with Gasteiger partial charge in [0, 0.05) is 0 Å². The van der Waals surface area contributed by atoms with Crippen LogP contribution in [0.25, 0.3) is 11.3 Å². The van der Waals surface area contributed by atoms with E-state index >= 15 is 0 Å². The molecule has 0 aliphatic carbocycles. The van der Waals surface area contributed by atoms with Crippen molar-refractivity contribution in [3.05, 3.63) is 47.5 Å². The van der Waals surface area contributed by atoms with Crippen molar-refractivity contribution < 1.29 is 8.81 Å². The highest BCUT2D eigenvalue weighted by Crippen LogP contribution is 2.30. The van der Waals surface area contributed by atoms with Crippen LogP contribution in [0.2, 0.25) is 0 Å². The zero-order chi connectivity index (χ0) is 13.8. The fraction of sp³-hybridized carbons (Fsp3) is 0.375. The molecule has 0 saturated heterocycles. The van der Waals surface area contributed by atoms with E-state index in [-0.39, 0.29) is 11.9 Å². The van der Waals surface area contributed by atoms with Gasteiger partial charge < -0.3 is 9.73 Å². The fourth-order valence-electron chi connectivity index (χ4n) is 2.31. The normalized spacial score (nSPS) is 12.6. The molecule has 1 unspecified atom stereocenters. The maximum Gasteiger partial charge on any atom is 0.137 e. The summed E-state index contributed by atoms with van der Waals surface area (Å²) < 4.78 is 19.7. The lowest BCUT2D eigenvalue weighted by molar-refractivity contribution is 0.416. The van der Waals surface area contributed by atoms with Gasteiger partial charge in [-0.05, 0) is 43.7 Å². The molecule has 1 aromatic carbocycles. The van der Waals surface area contributed by atoms with Gasteiger partial charge in [-0.3, -0.25) is 0 Å². The Morgan fingerprint density at radius 3 is 2.63 bits per heavy atom. The van der Waals surface area contributed by atoms with Gasteiger partial charge in [0.15, 0.2) is 0 Å². The second kappa shape index (κ2) is 6.02. The maximum absolute atomic E-state index is 13.9. The van der Waals surface area contributed by atoms with Crippen molar-refractivity contribution in [2.75, 3.05) is 6.54 Å². The van der Waals surface area contributed by atoms with Crippen LogP contribution in [0.3, 0.4) is 0 Å². The van der Waals surface area contributed by atoms with Crippen LogP contribution in [0, 0.1) is 12.7 Å². The van der Waals surface area contributed by atoms with E-state index in [2.05, 4.69) is 19.2 Å². The summed E-state index contributed by atoms with van der Waals surface area (Å²) in [7, 11) is 0. The quantitative estimate of drug-likeness (QED) is 0.860. The van der Waals surface area contributed by atoms with Crippen molar-refractivity contribution in [1.82, 2.24) is 5.32 Å². The molecule has 19 heavy (non-hydrogen) atoms. The van der Waals surface area contributed by atoms with E-state index in [1.54, 1.807) is 6.07 Å². The molecule has 0 spiro atoms. The summed E-state index contributed by atoms with van der Waals surface area (Å²) in [6, 6.07) is 9.03. The lowest BCUT2D eigenvalue weighted by atomic mass is 10.1. The van der Waals surface area contributed by atoms with E-state index in [1.807, 2.05) is 25.1 Å². The van der Waals surface area contributed by atoms with Gasteiger partial charge in [-0.1, -0.05) is 26.0 Å². The van der Waals surface area contributed by atoms with Crippen molar-refractivity contribution in [2.24, 2.45) is 0 Å². The van der Waals surface area contributed by atoms with Crippen molar-refractivity contribution in [3.63, 3.8) is 0 Å². The monoisotopic (exact) mass is 261 g/mol. The molecular formula is C16H20FNO. The molecule has 2 nitrogen and oxygen atoms in total. The molecule has 0 amide bonds. The Hall–Kier alpha value is -1.61. The molecule has 0 bridgehead atoms. The van der Waals surface area contributed by atoms with Crippen LogP contribution in [0.1, 0.15) is 37.6 Å². The Labute approximate surface area is 113 Å². The Balaban J connectivity index is 2.35. The van der Waals surface area contributed by atoms with Gasteiger partial charge in [-0.25, -0.2) is 4.39 Å². The zero-order valence-corrected chi connectivity index (χ0v) is 11.7. The number of rotatable bonds is 5. The largest absolute Gasteiger partial charge is 0.459 e. The van der Waals surface area contributed by atoms with Gasteiger partial charge in [-0.2, -0.15) is 0 Å². The molecule has 0 aliphatic rings. The third-order valence-corrected chi connectivity index (χ3v) is 3.30. The SMILES string of the molecule is CCNC(CC)c1ccc(-c2c(C)cccc2F)o1. The summed E-state index contributed by atoms with van der Waals surface area (Å²) in [5.74, 6) is 1.22. The zero-order valence-electron chi connectivity index (χ0n) is 11.7. The number of nitrogens with one attached hydrogen (secondary N) is 1. The van der Waals surface area contributed by atoms with Gasteiger partial charge in [-0.15, -0.1) is 0 Å². The maximum atomic E-state index is 13.9. The molecule has 1 N–H and O–H groups in total. The van der Waals surface area contributed by atoms with E-state index in [0.29, 0.717) is 11.3 Å². The van der Waals surface area contributed by atoms with Crippen LogP contribution in [0.4, 0.5) is 4.39 Å². The molecule has 2 rings (SSSR count). The predicted molar refractivity (Wildman–Crippen MR) is 75.5 cm³/mol. The van der Waals surface area contributed by atoms with Gasteiger partial charge in [0.25, 0.3) is 0 Å². The predicted octanol–water partition coefficient (Wildman–Crippen LogP) is 4.45. The summed E-state index contributed by atoms with van der Waals surface area (Å²) >= 11 is 0. The van der Waals surface area contributed by atoms with Crippen LogP contribution < -0.4 is 5.32 Å². The van der Waals surface area contributed by atoms with E-state index in [1.165, 1.54) is 6.07 Å². The Morgan fingerprint density at radius 2 is 2.00 bits per heavy atom. The smallest absolute Gasteiger partial charge is 0.137 e. The van der Waals surface area contributed by atoms with Crippen molar-refractivity contribution in [3.8, 4) is 11.3 Å². The van der Waals surface area contributed by atoms with Crippen LogP contribution in [0.5, 0.6) is 0 Å². The molecule has 0 fully saturated rings. The number of hydrogen-bond donors (Lipinski definition) is 1. The summed E-state index contributed by atoms with van der Waals surface area (Å²) in [6.45, 7) is 6.94. The molecule has 3 heteroatoms. The summed E-state index contributed by atoms with van der Waals surface area (Å²) in [5, 5.41) is 3.36. The van der Waals surface area contributed by atoms with Crippen molar-refractivity contribution in [2.45, 2.75) is 33.2 Å². The van der Waals surface area contributed by atoms with E-state index in [0.717, 1.165) is 24.3 Å². The average molecular weight is 261 g/mol. The Morgan fingerprint density at radius 1 is 1.21 bits per heavy atom. The number of halogens is 1. The first-order valence-electron chi connectivity index (χ1n) is 6.76. The van der Waals surface area contributed by atoms with Crippen molar-refractivity contribution in [1.29, 1.82) is 0 Å². The molecule has 1 aromatic heterocycles. The van der Waals surface area contributed by atoms with E-state index < -0.39 is 0 Å². The highest BCUT2D eigenvalue weighted by atomic mass is 19.1. The standard InChI is InChI=1S/C16H20FNO/c1-4-13(18-5-2)14-9-10-15(19-14)16-11(3)7-6-8-12(16)17/h6-10,13,18H,4-5H2,1-3H3. The van der Waals surface area contributed by atoms with Crippen LogP contribution in [-0.2, 0) is 0 Å². The molecule has 2 aromatic rings. The highest BCUT2D eigenvalue weighted by Gasteiger charge is 2.16. The Bertz CT molecular complexity index is 527. The molecule has 1 heterocycles. The van der Waals surface area contributed by atoms with E-state index in [4.69, 9.17) is 4.42 Å². The second-order valence-electron chi connectivity index (χ2n) is 4.65. The van der Waals surface area contributed by atoms with Gasteiger partial charge >= 0.3 is 0 Å². The molecule has 0 aliphatic heterocycles. The minimum Gasteiger partial charge on any atom is -0.459 e. The van der Waals surface area contributed by atoms with Gasteiger partial charge in [0.2, 0.25) is 0 Å².